The molecule has 3 aliphatic rings. The Kier molecular flexibility index (Phi) is 5.58. The Labute approximate surface area is 205 Å². The first kappa shape index (κ1) is 22.5. The minimum absolute atomic E-state index is 0.0578. The van der Waals surface area contributed by atoms with Crippen molar-refractivity contribution in [3.63, 3.8) is 0 Å². The van der Waals surface area contributed by atoms with Gasteiger partial charge in [-0.15, -0.1) is 0 Å². The second kappa shape index (κ2) is 8.92. The molecule has 0 saturated heterocycles. The van der Waals surface area contributed by atoms with Gasteiger partial charge in [0.2, 0.25) is 0 Å². The molecule has 8 nitrogen and oxygen atoms in total. The van der Waals surface area contributed by atoms with Crippen LogP contribution in [0.3, 0.4) is 0 Å². The van der Waals surface area contributed by atoms with Crippen LogP contribution in [0.25, 0.3) is 6.08 Å². The summed E-state index contributed by atoms with van der Waals surface area (Å²) in [5, 5.41) is 14.0. The molecule has 10 heteroatoms. The van der Waals surface area contributed by atoms with Gasteiger partial charge in [-0.2, -0.15) is 14.5 Å². The first-order chi connectivity index (χ1) is 17.5. The van der Waals surface area contributed by atoms with Gasteiger partial charge in [0.05, 0.1) is 17.8 Å². The van der Waals surface area contributed by atoms with E-state index < -0.39 is 17.6 Å². The molecule has 2 unspecified atom stereocenters. The van der Waals surface area contributed by atoms with Crippen molar-refractivity contribution in [1.82, 2.24) is 24.8 Å². The lowest BCUT2D eigenvalue weighted by molar-refractivity contribution is -0.134. The normalized spacial score (nSPS) is 22.6. The Bertz CT molecular complexity index is 1420. The summed E-state index contributed by atoms with van der Waals surface area (Å²) in [4.78, 5) is 26.1. The number of halogens is 2. The highest BCUT2D eigenvalue weighted by Gasteiger charge is 2.44. The van der Waals surface area contributed by atoms with E-state index >= 15 is 0 Å². The first-order valence-corrected chi connectivity index (χ1v) is 12.1. The summed E-state index contributed by atoms with van der Waals surface area (Å²) in [6.07, 6.45) is 6.22. The molecule has 2 aromatic carbocycles. The third-order valence-electron chi connectivity index (χ3n) is 7.02. The van der Waals surface area contributed by atoms with Crippen molar-refractivity contribution in [1.29, 1.82) is 0 Å². The van der Waals surface area contributed by atoms with Gasteiger partial charge in [0.1, 0.15) is 18.2 Å². The van der Waals surface area contributed by atoms with E-state index in [0.717, 1.165) is 59.2 Å². The number of hydrogen-bond acceptors (Lipinski definition) is 5. The van der Waals surface area contributed by atoms with E-state index in [2.05, 4.69) is 10.4 Å². The fourth-order valence-corrected chi connectivity index (χ4v) is 5.09. The molecule has 2 saturated carbocycles. The van der Waals surface area contributed by atoms with Crippen LogP contribution in [0.4, 0.5) is 8.78 Å². The van der Waals surface area contributed by atoms with E-state index in [0.29, 0.717) is 0 Å². The zero-order chi connectivity index (χ0) is 24.8. The Hall–Kier alpha value is -3.95. The van der Waals surface area contributed by atoms with E-state index in [4.69, 9.17) is 5.10 Å². The number of hydrazone groups is 1. The molecular formula is C26H24F2N6O2. The van der Waals surface area contributed by atoms with Gasteiger partial charge >= 0.3 is 5.69 Å². The fraction of sp³-hybridized carbons (Fsp3) is 0.346. The molecule has 2 heterocycles. The molecular weight excluding hydrogens is 466 g/mol. The molecule has 184 valence electrons. The SMILES string of the molecule is O=C(Cn1nnn(C2CC2)c1=O)N1N=C2/C(=C\c3ccc(F)cc3)CCCC2C1c1ccc(F)cc1. The maximum absolute atomic E-state index is 13.7. The molecule has 2 aliphatic carbocycles. The molecule has 6 rings (SSSR count). The Morgan fingerprint density at radius 2 is 1.67 bits per heavy atom. The van der Waals surface area contributed by atoms with Gasteiger partial charge in [-0.25, -0.2) is 18.6 Å². The average Bonchev–Trinajstić information content (AvgIpc) is 3.55. The van der Waals surface area contributed by atoms with Crippen molar-refractivity contribution in [2.24, 2.45) is 11.0 Å². The second-order valence-electron chi connectivity index (χ2n) is 9.53. The minimum Gasteiger partial charge on any atom is -0.271 e. The van der Waals surface area contributed by atoms with Gasteiger partial charge < -0.3 is 0 Å². The van der Waals surface area contributed by atoms with Crippen molar-refractivity contribution in [2.75, 3.05) is 0 Å². The smallest absolute Gasteiger partial charge is 0.271 e. The highest BCUT2D eigenvalue weighted by Crippen LogP contribution is 2.44. The van der Waals surface area contributed by atoms with E-state index in [-0.39, 0.29) is 30.1 Å². The fourth-order valence-electron chi connectivity index (χ4n) is 5.09. The maximum Gasteiger partial charge on any atom is 0.364 e. The zero-order valence-electron chi connectivity index (χ0n) is 19.4. The topological polar surface area (TPSA) is 85.4 Å². The van der Waals surface area contributed by atoms with E-state index in [1.807, 2.05) is 6.08 Å². The third kappa shape index (κ3) is 4.16. The van der Waals surface area contributed by atoms with Crippen LogP contribution >= 0.6 is 0 Å². The lowest BCUT2D eigenvalue weighted by Gasteiger charge is -2.29. The Morgan fingerprint density at radius 1 is 0.972 bits per heavy atom. The highest BCUT2D eigenvalue weighted by atomic mass is 19.1. The van der Waals surface area contributed by atoms with E-state index in [1.54, 1.807) is 24.3 Å². The number of rotatable bonds is 5. The lowest BCUT2D eigenvalue weighted by Crippen LogP contribution is -2.36. The molecule has 0 N–H and O–H groups in total. The van der Waals surface area contributed by atoms with Crippen molar-refractivity contribution in [3.05, 3.63) is 87.3 Å². The number of nitrogens with zero attached hydrogens (tertiary/aromatic N) is 6. The zero-order valence-corrected chi connectivity index (χ0v) is 19.4. The number of allylic oxidation sites excluding steroid dienone is 1. The summed E-state index contributed by atoms with van der Waals surface area (Å²) < 4.78 is 29.5. The van der Waals surface area contributed by atoms with Gasteiger partial charge in [-0.1, -0.05) is 24.3 Å². The average molecular weight is 491 g/mol. The molecule has 1 aliphatic heterocycles. The number of tetrazole rings is 1. The van der Waals surface area contributed by atoms with Crippen molar-refractivity contribution in [3.8, 4) is 0 Å². The molecule has 2 fully saturated rings. The van der Waals surface area contributed by atoms with Gasteiger partial charge in [-0.05, 0) is 89.6 Å². The van der Waals surface area contributed by atoms with Crippen LogP contribution in [0.2, 0.25) is 0 Å². The summed E-state index contributed by atoms with van der Waals surface area (Å²) in [5.74, 6) is -1.14. The molecule has 0 radical (unpaired) electrons. The number of fused-ring (bicyclic) bond motifs is 1. The highest BCUT2D eigenvalue weighted by molar-refractivity contribution is 6.08. The van der Waals surface area contributed by atoms with Crippen LogP contribution in [0.1, 0.15) is 55.3 Å². The van der Waals surface area contributed by atoms with Crippen molar-refractivity contribution < 1.29 is 13.6 Å². The molecule has 3 aromatic rings. The lowest BCUT2D eigenvalue weighted by atomic mass is 9.77. The Balaban J connectivity index is 1.35. The number of aromatic nitrogens is 4. The number of benzene rings is 2. The van der Waals surface area contributed by atoms with Crippen molar-refractivity contribution in [2.45, 2.75) is 50.7 Å². The largest absolute Gasteiger partial charge is 0.364 e. The predicted octanol–water partition coefficient (Wildman–Crippen LogP) is 3.88. The van der Waals surface area contributed by atoms with Gasteiger partial charge in [0, 0.05) is 5.92 Å². The van der Waals surface area contributed by atoms with Crippen LogP contribution in [-0.2, 0) is 11.3 Å². The summed E-state index contributed by atoms with van der Waals surface area (Å²) >= 11 is 0. The quantitative estimate of drug-likeness (QED) is 0.543. The van der Waals surface area contributed by atoms with Crippen LogP contribution in [0.5, 0.6) is 0 Å². The van der Waals surface area contributed by atoms with E-state index in [1.165, 1.54) is 34.0 Å². The summed E-state index contributed by atoms with van der Waals surface area (Å²) in [7, 11) is 0. The summed E-state index contributed by atoms with van der Waals surface area (Å²) in [6, 6.07) is 12.0. The number of carbonyl (C=O) groups excluding carboxylic acids is 1. The van der Waals surface area contributed by atoms with Gasteiger partial charge in [0.15, 0.2) is 0 Å². The Morgan fingerprint density at radius 3 is 2.36 bits per heavy atom. The van der Waals surface area contributed by atoms with Crippen LogP contribution in [0, 0.1) is 17.6 Å². The van der Waals surface area contributed by atoms with Crippen LogP contribution in [-0.4, -0.2) is 36.4 Å². The van der Waals surface area contributed by atoms with Crippen LogP contribution < -0.4 is 5.69 Å². The number of carbonyl (C=O) groups is 1. The molecule has 0 spiro atoms. The standard InChI is InChI=1S/C26H24F2N6O2/c27-19-8-4-16(5-9-19)14-18-2-1-3-22-24(18)29-34(25(22)17-6-10-20(28)11-7-17)23(35)15-32-26(36)33(31-30-32)21-12-13-21/h4-11,14,21-22,25H,1-3,12-13,15H2/b18-14-. The minimum atomic E-state index is -0.431. The molecule has 1 aromatic heterocycles. The predicted molar refractivity (Wildman–Crippen MR) is 128 cm³/mol. The maximum atomic E-state index is 13.7. The van der Waals surface area contributed by atoms with Gasteiger partial charge in [0.25, 0.3) is 5.91 Å². The van der Waals surface area contributed by atoms with Crippen LogP contribution in [0.15, 0.2) is 64.0 Å². The van der Waals surface area contributed by atoms with Gasteiger partial charge in [-0.3, -0.25) is 4.79 Å². The first-order valence-electron chi connectivity index (χ1n) is 12.1. The second-order valence-corrected chi connectivity index (χ2v) is 9.53. The summed E-state index contributed by atoms with van der Waals surface area (Å²) in [6.45, 7) is -0.288. The third-order valence-corrected chi connectivity index (χ3v) is 7.02. The molecule has 1 amide bonds. The monoisotopic (exact) mass is 490 g/mol. The van der Waals surface area contributed by atoms with E-state index in [9.17, 15) is 18.4 Å². The number of hydrogen-bond donors (Lipinski definition) is 0. The summed E-state index contributed by atoms with van der Waals surface area (Å²) in [5.41, 5.74) is 2.98. The molecule has 36 heavy (non-hydrogen) atoms. The molecule has 0 bridgehead atoms. The van der Waals surface area contributed by atoms with Crippen molar-refractivity contribution >= 4 is 17.7 Å². The molecule has 2 atom stereocenters. The number of amides is 1.